The van der Waals surface area contributed by atoms with Gasteiger partial charge in [0, 0.05) is 19.1 Å². The number of morpholine rings is 1. The normalized spacial score (nSPS) is 29.2. The van der Waals surface area contributed by atoms with Gasteiger partial charge in [0.2, 0.25) is 0 Å². The van der Waals surface area contributed by atoms with E-state index < -0.39 is 0 Å². The molecule has 1 aromatic carbocycles. The Morgan fingerprint density at radius 3 is 3.05 bits per heavy atom. The van der Waals surface area contributed by atoms with Gasteiger partial charge in [-0.25, -0.2) is 0 Å². The van der Waals surface area contributed by atoms with Crippen molar-refractivity contribution in [3.8, 4) is 0 Å². The molecule has 2 fully saturated rings. The van der Waals surface area contributed by atoms with E-state index in [9.17, 15) is 5.11 Å². The lowest BCUT2D eigenvalue weighted by molar-refractivity contribution is -0.0675. The van der Waals surface area contributed by atoms with Crippen molar-refractivity contribution in [3.05, 3.63) is 35.4 Å². The van der Waals surface area contributed by atoms with Crippen LogP contribution in [0.4, 0.5) is 0 Å². The zero-order chi connectivity index (χ0) is 13.2. The van der Waals surface area contributed by atoms with Crippen molar-refractivity contribution in [2.75, 3.05) is 19.7 Å². The average Bonchev–Trinajstić information content (AvgIpc) is 2.88. The van der Waals surface area contributed by atoms with Crippen LogP contribution in [0, 0.1) is 6.92 Å². The summed E-state index contributed by atoms with van der Waals surface area (Å²) in [5, 5.41) is 10.5. The molecule has 3 nitrogen and oxygen atoms in total. The van der Waals surface area contributed by atoms with E-state index in [-0.39, 0.29) is 6.10 Å². The van der Waals surface area contributed by atoms with Crippen LogP contribution < -0.4 is 0 Å². The van der Waals surface area contributed by atoms with Crippen LogP contribution in [0.5, 0.6) is 0 Å². The van der Waals surface area contributed by atoms with Crippen LogP contribution >= 0.6 is 0 Å². The third-order valence-corrected chi connectivity index (χ3v) is 4.55. The molecule has 104 valence electrons. The molecule has 0 aromatic heterocycles. The minimum atomic E-state index is -0.388. The van der Waals surface area contributed by atoms with Crippen LogP contribution in [-0.4, -0.2) is 41.8 Å². The van der Waals surface area contributed by atoms with Crippen LogP contribution in [0.15, 0.2) is 24.3 Å². The van der Waals surface area contributed by atoms with E-state index in [0.29, 0.717) is 12.1 Å². The highest BCUT2D eigenvalue weighted by molar-refractivity contribution is 5.27. The predicted octanol–water partition coefficient (Wildman–Crippen LogP) is 2.28. The smallest absolute Gasteiger partial charge is 0.0919 e. The first-order valence-corrected chi connectivity index (χ1v) is 7.35. The summed E-state index contributed by atoms with van der Waals surface area (Å²) in [5.74, 6) is 0. The van der Waals surface area contributed by atoms with Crippen molar-refractivity contribution in [1.82, 2.24) is 4.90 Å². The van der Waals surface area contributed by atoms with Gasteiger partial charge in [0.25, 0.3) is 0 Å². The zero-order valence-corrected chi connectivity index (χ0v) is 11.6. The first-order valence-electron chi connectivity index (χ1n) is 7.35. The van der Waals surface area contributed by atoms with Gasteiger partial charge in [-0.05, 0) is 37.3 Å². The number of fused-ring (bicyclic) bond motifs is 1. The average molecular weight is 261 g/mol. The Bertz CT molecular complexity index is 435. The van der Waals surface area contributed by atoms with Gasteiger partial charge in [0.15, 0.2) is 0 Å². The van der Waals surface area contributed by atoms with Gasteiger partial charge in [-0.15, -0.1) is 0 Å². The third kappa shape index (κ3) is 2.69. The Hall–Kier alpha value is -0.900. The summed E-state index contributed by atoms with van der Waals surface area (Å²) >= 11 is 0. The molecular formula is C16H23NO2. The maximum atomic E-state index is 10.5. The van der Waals surface area contributed by atoms with Crippen LogP contribution in [-0.2, 0) is 4.74 Å². The third-order valence-electron chi connectivity index (χ3n) is 4.55. The van der Waals surface area contributed by atoms with E-state index >= 15 is 0 Å². The molecule has 1 saturated carbocycles. The van der Waals surface area contributed by atoms with Gasteiger partial charge in [0.1, 0.15) is 0 Å². The molecule has 1 aliphatic heterocycles. The van der Waals surface area contributed by atoms with Crippen LogP contribution in [0.1, 0.15) is 36.5 Å². The van der Waals surface area contributed by atoms with Gasteiger partial charge in [-0.1, -0.05) is 24.3 Å². The fourth-order valence-electron chi connectivity index (χ4n) is 3.51. The Balaban J connectivity index is 1.69. The fraction of sp³-hybridized carbons (Fsp3) is 0.625. The molecule has 3 unspecified atom stereocenters. The van der Waals surface area contributed by atoms with Crippen molar-refractivity contribution in [2.45, 2.75) is 44.4 Å². The van der Waals surface area contributed by atoms with E-state index in [1.807, 2.05) is 18.2 Å². The number of hydrogen-bond acceptors (Lipinski definition) is 3. The van der Waals surface area contributed by atoms with Crippen molar-refractivity contribution < 1.29 is 9.84 Å². The quantitative estimate of drug-likeness (QED) is 0.906. The van der Waals surface area contributed by atoms with Crippen LogP contribution in [0.25, 0.3) is 0 Å². The second kappa shape index (κ2) is 5.61. The molecule has 1 saturated heterocycles. The highest BCUT2D eigenvalue weighted by atomic mass is 16.5. The summed E-state index contributed by atoms with van der Waals surface area (Å²) in [5.41, 5.74) is 2.23. The fourth-order valence-corrected chi connectivity index (χ4v) is 3.51. The lowest BCUT2D eigenvalue weighted by atomic mass is 10.0. The summed E-state index contributed by atoms with van der Waals surface area (Å²) in [7, 11) is 0. The van der Waals surface area contributed by atoms with Crippen LogP contribution in [0.2, 0.25) is 0 Å². The topological polar surface area (TPSA) is 32.7 Å². The Morgan fingerprint density at radius 1 is 1.37 bits per heavy atom. The Morgan fingerprint density at radius 2 is 2.21 bits per heavy atom. The SMILES string of the molecule is Cc1ccccc1C(O)CN1CCOC2CCCC21. The summed E-state index contributed by atoms with van der Waals surface area (Å²) in [6.07, 6.45) is 3.66. The molecule has 3 atom stereocenters. The number of rotatable bonds is 3. The molecule has 19 heavy (non-hydrogen) atoms. The summed E-state index contributed by atoms with van der Waals surface area (Å²) in [4.78, 5) is 2.43. The minimum Gasteiger partial charge on any atom is -0.387 e. The highest BCUT2D eigenvalue weighted by Gasteiger charge is 2.36. The standard InChI is InChI=1S/C16H23NO2/c1-12-5-2-3-6-13(12)15(18)11-17-9-10-19-16-8-4-7-14(16)17/h2-3,5-6,14-16,18H,4,7-11H2,1H3. The lowest BCUT2D eigenvalue weighted by Crippen LogP contribution is -2.49. The lowest BCUT2D eigenvalue weighted by Gasteiger charge is -2.38. The molecule has 1 aromatic rings. The molecular weight excluding hydrogens is 238 g/mol. The second-order valence-corrected chi connectivity index (χ2v) is 5.77. The number of aryl methyl sites for hydroxylation is 1. The summed E-state index contributed by atoms with van der Waals surface area (Å²) in [6, 6.07) is 8.65. The molecule has 0 spiro atoms. The molecule has 3 rings (SSSR count). The van der Waals surface area contributed by atoms with Crippen molar-refractivity contribution in [1.29, 1.82) is 0 Å². The number of aliphatic hydroxyl groups is 1. The summed E-state index contributed by atoms with van der Waals surface area (Å²) in [6.45, 7) is 4.55. The van der Waals surface area contributed by atoms with Gasteiger partial charge < -0.3 is 9.84 Å². The number of ether oxygens (including phenoxy) is 1. The van der Waals surface area contributed by atoms with E-state index in [2.05, 4.69) is 17.9 Å². The zero-order valence-electron chi connectivity index (χ0n) is 11.6. The molecule has 1 aliphatic carbocycles. The molecule has 3 heteroatoms. The second-order valence-electron chi connectivity index (χ2n) is 5.77. The number of hydrogen-bond donors (Lipinski definition) is 1. The van der Waals surface area contributed by atoms with Crippen molar-refractivity contribution in [2.24, 2.45) is 0 Å². The minimum absolute atomic E-state index is 0.388. The van der Waals surface area contributed by atoms with Crippen molar-refractivity contribution >= 4 is 0 Å². The Kier molecular flexibility index (Phi) is 3.87. The molecule has 2 aliphatic rings. The van der Waals surface area contributed by atoms with E-state index in [4.69, 9.17) is 4.74 Å². The van der Waals surface area contributed by atoms with Crippen molar-refractivity contribution in [3.63, 3.8) is 0 Å². The van der Waals surface area contributed by atoms with E-state index in [0.717, 1.165) is 25.3 Å². The number of aliphatic hydroxyl groups excluding tert-OH is 1. The molecule has 1 N–H and O–H groups in total. The predicted molar refractivity (Wildman–Crippen MR) is 75.1 cm³/mol. The number of β-amino-alcohol motifs (C(OH)–C–C–N with tert-alkyl or cyclic N) is 1. The molecule has 0 radical (unpaired) electrons. The van der Waals surface area contributed by atoms with Gasteiger partial charge in [-0.2, -0.15) is 0 Å². The van der Waals surface area contributed by atoms with E-state index in [1.165, 1.54) is 24.8 Å². The first-order chi connectivity index (χ1) is 9.25. The number of benzene rings is 1. The molecule has 0 bridgehead atoms. The first kappa shape index (κ1) is 13.1. The molecule has 1 heterocycles. The van der Waals surface area contributed by atoms with Gasteiger partial charge in [0.05, 0.1) is 18.8 Å². The van der Waals surface area contributed by atoms with Gasteiger partial charge in [-0.3, -0.25) is 4.90 Å². The Labute approximate surface area is 115 Å². The summed E-state index contributed by atoms with van der Waals surface area (Å²) < 4.78 is 5.82. The number of nitrogens with zero attached hydrogens (tertiary/aromatic N) is 1. The van der Waals surface area contributed by atoms with Gasteiger partial charge >= 0.3 is 0 Å². The van der Waals surface area contributed by atoms with Crippen LogP contribution in [0.3, 0.4) is 0 Å². The maximum Gasteiger partial charge on any atom is 0.0919 e. The maximum absolute atomic E-state index is 10.5. The molecule has 0 amide bonds. The highest BCUT2D eigenvalue weighted by Crippen LogP contribution is 2.31. The van der Waals surface area contributed by atoms with E-state index in [1.54, 1.807) is 0 Å². The largest absolute Gasteiger partial charge is 0.387 e. The monoisotopic (exact) mass is 261 g/mol.